The summed E-state index contributed by atoms with van der Waals surface area (Å²) in [6.07, 6.45) is 2.74. The molecule has 2 aromatic carbocycles. The van der Waals surface area contributed by atoms with Crippen LogP contribution >= 0.6 is 11.3 Å². The zero-order chi connectivity index (χ0) is 26.9. The Bertz CT molecular complexity index is 1330. The third kappa shape index (κ3) is 4.92. The number of carbonyl (C=O) groups excluding carboxylic acids is 2. The van der Waals surface area contributed by atoms with Crippen LogP contribution in [0.1, 0.15) is 43.7 Å². The third-order valence-corrected chi connectivity index (χ3v) is 8.78. The highest BCUT2D eigenvalue weighted by Gasteiger charge is 2.48. The van der Waals surface area contributed by atoms with Crippen LogP contribution in [0, 0.1) is 11.7 Å². The summed E-state index contributed by atoms with van der Waals surface area (Å²) in [7, 11) is 0. The van der Waals surface area contributed by atoms with Gasteiger partial charge in [0.2, 0.25) is 11.8 Å². The lowest BCUT2D eigenvalue weighted by Gasteiger charge is -2.42. The molecule has 10 heteroatoms. The second-order valence-electron chi connectivity index (χ2n) is 10.2. The number of alkyl halides is 1. The predicted molar refractivity (Wildman–Crippen MR) is 143 cm³/mol. The molecule has 3 aromatic rings. The Labute approximate surface area is 224 Å². The van der Waals surface area contributed by atoms with E-state index in [1.165, 1.54) is 17.4 Å². The highest BCUT2D eigenvalue weighted by atomic mass is 32.1. The normalized spacial score (nSPS) is 20.8. The average Bonchev–Trinajstić information content (AvgIpc) is 3.63. The van der Waals surface area contributed by atoms with Crippen LogP contribution in [0.5, 0.6) is 0 Å². The van der Waals surface area contributed by atoms with Crippen LogP contribution in [0.4, 0.5) is 8.78 Å². The second-order valence-corrected chi connectivity index (χ2v) is 11.1. The molecule has 38 heavy (non-hydrogen) atoms. The molecule has 5 rings (SSSR count). The van der Waals surface area contributed by atoms with E-state index in [2.05, 4.69) is 5.32 Å². The Kier molecular flexibility index (Phi) is 7.74. The number of rotatable bonds is 7. The first-order valence-electron chi connectivity index (χ1n) is 13.0. The quantitative estimate of drug-likeness (QED) is 0.462. The van der Waals surface area contributed by atoms with E-state index >= 15 is 0 Å². The van der Waals surface area contributed by atoms with Gasteiger partial charge in [0.15, 0.2) is 0 Å². The number of amides is 2. The number of thiazole rings is 1. The molecule has 2 amide bonds. The smallest absolute Gasteiger partial charge is 0.248 e. The molecule has 0 radical (unpaired) electrons. The number of benzene rings is 2. The van der Waals surface area contributed by atoms with E-state index in [0.29, 0.717) is 38.0 Å². The number of nitrogens with two attached hydrogens (primary N) is 1. The molecule has 2 aliphatic heterocycles. The molecule has 2 fully saturated rings. The molecular weight excluding hydrogens is 510 g/mol. The van der Waals surface area contributed by atoms with Gasteiger partial charge >= 0.3 is 0 Å². The molecule has 7 nitrogen and oxygen atoms in total. The second kappa shape index (κ2) is 11.0. The third-order valence-electron chi connectivity index (χ3n) is 7.84. The first kappa shape index (κ1) is 26.6. The number of carbonyl (C=O) groups is 2. The number of hydrogen-bond acceptors (Lipinski definition) is 6. The Morgan fingerprint density at radius 1 is 1.21 bits per heavy atom. The van der Waals surface area contributed by atoms with Crippen LogP contribution < -0.4 is 11.1 Å². The van der Waals surface area contributed by atoms with Gasteiger partial charge in [-0.15, -0.1) is 11.3 Å². The van der Waals surface area contributed by atoms with Crippen molar-refractivity contribution < 1.29 is 23.1 Å². The maximum Gasteiger partial charge on any atom is 0.248 e. The van der Waals surface area contributed by atoms with Crippen LogP contribution in [0.2, 0.25) is 0 Å². The van der Waals surface area contributed by atoms with Gasteiger partial charge in [0, 0.05) is 36.1 Å². The van der Waals surface area contributed by atoms with Crippen molar-refractivity contribution in [1.29, 1.82) is 0 Å². The van der Waals surface area contributed by atoms with Crippen molar-refractivity contribution in [2.24, 2.45) is 11.7 Å². The summed E-state index contributed by atoms with van der Waals surface area (Å²) in [6.45, 7) is 2.23. The highest BCUT2D eigenvalue weighted by Crippen LogP contribution is 2.40. The van der Waals surface area contributed by atoms with Crippen LogP contribution in [0.3, 0.4) is 0 Å². The van der Waals surface area contributed by atoms with Crippen LogP contribution in [0.15, 0.2) is 41.8 Å². The molecule has 2 aliphatic rings. The van der Waals surface area contributed by atoms with Gasteiger partial charge in [0.25, 0.3) is 0 Å². The van der Waals surface area contributed by atoms with Crippen molar-refractivity contribution in [3.05, 3.63) is 52.6 Å². The molecule has 1 unspecified atom stereocenters. The minimum absolute atomic E-state index is 0.168. The molecule has 2 saturated heterocycles. The Morgan fingerprint density at radius 3 is 2.68 bits per heavy atom. The summed E-state index contributed by atoms with van der Waals surface area (Å²) in [4.78, 5) is 33.5. The number of halogens is 2. The summed E-state index contributed by atoms with van der Waals surface area (Å²) in [6, 6.07) is 8.91. The fourth-order valence-corrected chi connectivity index (χ4v) is 6.60. The number of hydrogen-bond donors (Lipinski definition) is 2. The largest absolute Gasteiger partial charge is 0.381 e. The first-order chi connectivity index (χ1) is 18.3. The van der Waals surface area contributed by atoms with E-state index < -0.39 is 24.2 Å². The number of nitrogens with one attached hydrogen (secondary N) is 1. The fraction of sp³-hybridized carbons (Fsp3) is 0.464. The molecule has 0 saturated carbocycles. The first-order valence-corrected chi connectivity index (χ1v) is 13.9. The maximum absolute atomic E-state index is 14.4. The van der Waals surface area contributed by atoms with Crippen molar-refractivity contribution in [3.63, 3.8) is 0 Å². The zero-order valence-corrected chi connectivity index (χ0v) is 22.1. The predicted octanol–water partition coefficient (Wildman–Crippen LogP) is 4.36. The monoisotopic (exact) mass is 542 g/mol. The van der Waals surface area contributed by atoms with Gasteiger partial charge in [-0.1, -0.05) is 24.3 Å². The fourth-order valence-electron chi connectivity index (χ4n) is 5.64. The Hall–Kier alpha value is -2.95. The molecule has 0 spiro atoms. The zero-order valence-electron chi connectivity index (χ0n) is 21.3. The highest BCUT2D eigenvalue weighted by molar-refractivity contribution is 7.10. The van der Waals surface area contributed by atoms with Crippen molar-refractivity contribution in [1.82, 2.24) is 15.2 Å². The Morgan fingerprint density at radius 2 is 1.95 bits per heavy atom. The molecule has 0 aliphatic carbocycles. The molecule has 3 atom stereocenters. The number of fused-ring (bicyclic) bond motifs is 1. The van der Waals surface area contributed by atoms with E-state index in [4.69, 9.17) is 15.5 Å². The average molecular weight is 543 g/mol. The van der Waals surface area contributed by atoms with Gasteiger partial charge in [0.05, 0.1) is 11.7 Å². The van der Waals surface area contributed by atoms with Crippen molar-refractivity contribution in [2.45, 2.75) is 50.2 Å². The lowest BCUT2D eigenvalue weighted by Crippen LogP contribution is -2.64. The lowest BCUT2D eigenvalue weighted by molar-refractivity contribution is -0.146. The van der Waals surface area contributed by atoms with Crippen LogP contribution in [-0.2, 0) is 14.3 Å². The van der Waals surface area contributed by atoms with Gasteiger partial charge in [-0.05, 0) is 56.0 Å². The van der Waals surface area contributed by atoms with E-state index in [-0.39, 0.29) is 23.7 Å². The maximum atomic E-state index is 14.4. The van der Waals surface area contributed by atoms with E-state index in [1.807, 2.05) is 17.5 Å². The van der Waals surface area contributed by atoms with E-state index in [9.17, 15) is 18.4 Å². The molecule has 3 heterocycles. The minimum Gasteiger partial charge on any atom is -0.381 e. The van der Waals surface area contributed by atoms with Crippen LogP contribution in [-0.4, -0.2) is 59.7 Å². The Balaban J connectivity index is 1.44. The minimum atomic E-state index is -1.33. The molecule has 1 aromatic heterocycles. The van der Waals surface area contributed by atoms with Gasteiger partial charge in [-0.2, -0.15) is 0 Å². The number of likely N-dealkylation sites (tertiary alicyclic amines) is 1. The number of aromatic nitrogens is 1. The number of nitrogens with zero attached hydrogens (tertiary/aromatic N) is 2. The summed E-state index contributed by atoms with van der Waals surface area (Å²) in [5.41, 5.74) is 5.98. The molecule has 0 bridgehead atoms. The summed E-state index contributed by atoms with van der Waals surface area (Å²) in [5, 5.41) is 6.86. The van der Waals surface area contributed by atoms with Crippen molar-refractivity contribution in [2.75, 3.05) is 26.4 Å². The topological polar surface area (TPSA) is 97.5 Å². The standard InChI is InChI=1S/C28H32F2N4O3S/c1-28(17-10-13-37-14-11-17,33-25(35)22(31)15-29)27(36)34-12-4-7-24(34)26-32-23(16-38-26)20-8-9-21(30)19-6-3-2-5-18(19)20/h2-3,5-6,8-9,16-17,22,24H,4,7,10-15,31H2,1H3,(H,33,35)/t22?,24-,28+/m0/s1. The van der Waals surface area contributed by atoms with Gasteiger partial charge in [-0.3, -0.25) is 9.59 Å². The summed E-state index contributed by atoms with van der Waals surface area (Å²) < 4.78 is 33.0. The van der Waals surface area contributed by atoms with E-state index in [1.54, 1.807) is 30.0 Å². The van der Waals surface area contributed by atoms with E-state index in [0.717, 1.165) is 34.5 Å². The lowest BCUT2D eigenvalue weighted by atomic mass is 9.78. The van der Waals surface area contributed by atoms with Gasteiger partial charge < -0.3 is 20.7 Å². The SMILES string of the molecule is C[C@](NC(=O)C(N)CF)(C(=O)N1CCC[C@H]1c1nc(-c2ccc(F)c3ccccc23)cs1)C1CCOCC1. The summed E-state index contributed by atoms with van der Waals surface area (Å²) >= 11 is 1.47. The van der Waals surface area contributed by atoms with Gasteiger partial charge in [0.1, 0.15) is 29.1 Å². The van der Waals surface area contributed by atoms with Crippen molar-refractivity contribution in [3.8, 4) is 11.3 Å². The summed E-state index contributed by atoms with van der Waals surface area (Å²) in [5.74, 6) is -1.34. The van der Waals surface area contributed by atoms with Crippen molar-refractivity contribution >= 4 is 33.9 Å². The molecule has 3 N–H and O–H groups in total. The van der Waals surface area contributed by atoms with Crippen LogP contribution in [0.25, 0.3) is 22.0 Å². The number of ether oxygens (including phenoxy) is 1. The molecular formula is C28H32F2N4O3S. The molecule has 202 valence electrons. The van der Waals surface area contributed by atoms with Gasteiger partial charge in [-0.25, -0.2) is 13.8 Å².